The Morgan fingerprint density at radius 1 is 1.82 bits per heavy atom. The van der Waals surface area contributed by atoms with E-state index in [1.54, 1.807) is 0 Å². The van der Waals surface area contributed by atoms with Crippen LogP contribution in [0.2, 0.25) is 0 Å². The molecule has 1 heterocycles. The van der Waals surface area contributed by atoms with Gasteiger partial charge in [0.15, 0.2) is 5.72 Å². The van der Waals surface area contributed by atoms with Crippen molar-refractivity contribution in [1.29, 1.82) is 0 Å². The summed E-state index contributed by atoms with van der Waals surface area (Å²) in [6.45, 7) is 5.95. The van der Waals surface area contributed by atoms with Crippen LogP contribution < -0.4 is 5.73 Å². The number of allylic oxidation sites excluding steroid dienone is 2. The fourth-order valence-electron chi connectivity index (χ4n) is 1.53. The lowest BCUT2D eigenvalue weighted by molar-refractivity contribution is 0.332. The normalized spacial score (nSPS) is 46.7. The number of epoxide rings is 1. The molecule has 0 spiro atoms. The van der Waals surface area contributed by atoms with E-state index >= 15 is 0 Å². The number of rotatable bonds is 1. The average molecular weight is 151 g/mol. The molecule has 2 rings (SSSR count). The standard InChI is InChI=1S/C9H13NO/c1-6(2)7-3-4-9(10)8(5-7)11-9/h3-4,7-8H,1,5,10H2,2H3/t7-,8?,9+/m0/s1. The number of fused-ring (bicyclic) bond motifs is 1. The number of hydrogen-bond donors (Lipinski definition) is 1. The number of ether oxygens (including phenoxy) is 1. The highest BCUT2D eigenvalue weighted by molar-refractivity contribution is 5.23. The summed E-state index contributed by atoms with van der Waals surface area (Å²) in [6.07, 6.45) is 5.31. The van der Waals surface area contributed by atoms with Crippen LogP contribution in [0.3, 0.4) is 0 Å². The summed E-state index contributed by atoms with van der Waals surface area (Å²) >= 11 is 0. The van der Waals surface area contributed by atoms with Crippen molar-refractivity contribution in [1.82, 2.24) is 0 Å². The Morgan fingerprint density at radius 3 is 3.09 bits per heavy atom. The molecular formula is C9H13NO. The molecule has 0 aromatic carbocycles. The van der Waals surface area contributed by atoms with Gasteiger partial charge in [-0.1, -0.05) is 18.2 Å². The highest BCUT2D eigenvalue weighted by Gasteiger charge is 2.53. The van der Waals surface area contributed by atoms with Crippen LogP contribution in [0.25, 0.3) is 0 Å². The molecule has 2 N–H and O–H groups in total. The monoisotopic (exact) mass is 151 g/mol. The summed E-state index contributed by atoms with van der Waals surface area (Å²) in [5.41, 5.74) is 6.56. The van der Waals surface area contributed by atoms with Crippen molar-refractivity contribution in [2.45, 2.75) is 25.2 Å². The van der Waals surface area contributed by atoms with Gasteiger partial charge in [0.2, 0.25) is 0 Å². The van der Waals surface area contributed by atoms with Crippen LogP contribution in [-0.2, 0) is 4.74 Å². The second-order valence-electron chi connectivity index (χ2n) is 3.51. The van der Waals surface area contributed by atoms with E-state index in [4.69, 9.17) is 10.5 Å². The van der Waals surface area contributed by atoms with E-state index in [1.807, 2.05) is 13.0 Å². The molecule has 1 unspecified atom stereocenters. The third kappa shape index (κ3) is 1.03. The highest BCUT2D eigenvalue weighted by atomic mass is 16.6. The average Bonchev–Trinajstić information content (AvgIpc) is 2.58. The molecule has 11 heavy (non-hydrogen) atoms. The van der Waals surface area contributed by atoms with Crippen molar-refractivity contribution in [2.75, 3.05) is 0 Å². The quantitative estimate of drug-likeness (QED) is 0.451. The van der Waals surface area contributed by atoms with Crippen LogP contribution in [0.15, 0.2) is 24.3 Å². The van der Waals surface area contributed by atoms with Gasteiger partial charge < -0.3 is 4.74 Å². The molecule has 1 saturated heterocycles. The summed E-state index contributed by atoms with van der Waals surface area (Å²) in [5.74, 6) is 0.471. The van der Waals surface area contributed by atoms with Gasteiger partial charge in [0.1, 0.15) is 6.10 Å². The predicted molar refractivity (Wildman–Crippen MR) is 43.9 cm³/mol. The van der Waals surface area contributed by atoms with Crippen molar-refractivity contribution in [3.63, 3.8) is 0 Å². The molecule has 0 aromatic rings. The van der Waals surface area contributed by atoms with Crippen LogP contribution >= 0.6 is 0 Å². The first kappa shape index (κ1) is 7.07. The Bertz CT molecular complexity index is 234. The Hall–Kier alpha value is -0.600. The zero-order valence-corrected chi connectivity index (χ0v) is 6.71. The van der Waals surface area contributed by atoms with Crippen molar-refractivity contribution in [2.24, 2.45) is 11.7 Å². The lowest BCUT2D eigenvalue weighted by Gasteiger charge is -2.15. The molecular weight excluding hydrogens is 138 g/mol. The van der Waals surface area contributed by atoms with Gasteiger partial charge in [-0.2, -0.15) is 0 Å². The van der Waals surface area contributed by atoms with Crippen molar-refractivity contribution < 1.29 is 4.74 Å². The van der Waals surface area contributed by atoms with E-state index in [0.29, 0.717) is 5.92 Å². The topological polar surface area (TPSA) is 38.5 Å². The highest BCUT2D eigenvalue weighted by Crippen LogP contribution is 2.42. The van der Waals surface area contributed by atoms with E-state index in [2.05, 4.69) is 12.7 Å². The Morgan fingerprint density at radius 2 is 2.55 bits per heavy atom. The predicted octanol–water partition coefficient (Wildman–Crippen LogP) is 1.19. The van der Waals surface area contributed by atoms with Crippen LogP contribution in [0, 0.1) is 5.92 Å². The van der Waals surface area contributed by atoms with Crippen molar-refractivity contribution >= 4 is 0 Å². The third-order valence-corrected chi connectivity index (χ3v) is 2.48. The Labute approximate surface area is 66.7 Å². The van der Waals surface area contributed by atoms with Crippen LogP contribution in [0.4, 0.5) is 0 Å². The molecule has 0 amide bonds. The molecule has 2 heteroatoms. The van der Waals surface area contributed by atoms with E-state index in [9.17, 15) is 0 Å². The largest absolute Gasteiger partial charge is 0.346 e. The lowest BCUT2D eigenvalue weighted by atomic mass is 9.89. The fraction of sp³-hybridized carbons (Fsp3) is 0.556. The first-order chi connectivity index (χ1) is 5.12. The van der Waals surface area contributed by atoms with Gasteiger partial charge in [-0.15, -0.1) is 0 Å². The molecule has 1 fully saturated rings. The first-order valence-corrected chi connectivity index (χ1v) is 3.93. The van der Waals surface area contributed by atoms with Gasteiger partial charge in [0.25, 0.3) is 0 Å². The van der Waals surface area contributed by atoms with Crippen LogP contribution in [0.5, 0.6) is 0 Å². The van der Waals surface area contributed by atoms with E-state index < -0.39 is 5.72 Å². The van der Waals surface area contributed by atoms with Gasteiger partial charge in [-0.05, 0) is 25.3 Å². The number of hydrogen-bond acceptors (Lipinski definition) is 2. The molecule has 0 radical (unpaired) electrons. The number of nitrogens with two attached hydrogens (primary N) is 1. The summed E-state index contributed by atoms with van der Waals surface area (Å²) in [7, 11) is 0. The minimum atomic E-state index is -0.411. The van der Waals surface area contributed by atoms with Gasteiger partial charge in [-0.25, -0.2) is 0 Å². The zero-order valence-electron chi connectivity index (χ0n) is 6.71. The second-order valence-corrected chi connectivity index (χ2v) is 3.51. The molecule has 2 aliphatic rings. The summed E-state index contributed by atoms with van der Waals surface area (Å²) in [4.78, 5) is 0. The molecule has 1 aliphatic carbocycles. The van der Waals surface area contributed by atoms with Gasteiger partial charge >= 0.3 is 0 Å². The Kier molecular flexibility index (Phi) is 1.26. The molecule has 2 nitrogen and oxygen atoms in total. The summed E-state index contributed by atoms with van der Waals surface area (Å²) in [6, 6.07) is 0. The lowest BCUT2D eigenvalue weighted by Crippen LogP contribution is -2.28. The summed E-state index contributed by atoms with van der Waals surface area (Å²) in [5, 5.41) is 0. The molecule has 1 aliphatic heterocycles. The molecule has 0 saturated carbocycles. The fourth-order valence-corrected chi connectivity index (χ4v) is 1.53. The van der Waals surface area contributed by atoms with E-state index in [-0.39, 0.29) is 6.10 Å². The summed E-state index contributed by atoms with van der Waals surface area (Å²) < 4.78 is 5.30. The maximum atomic E-state index is 5.78. The van der Waals surface area contributed by atoms with E-state index in [0.717, 1.165) is 6.42 Å². The first-order valence-electron chi connectivity index (χ1n) is 3.93. The molecule has 0 aromatic heterocycles. The molecule has 3 atom stereocenters. The van der Waals surface area contributed by atoms with Crippen LogP contribution in [0.1, 0.15) is 13.3 Å². The third-order valence-electron chi connectivity index (χ3n) is 2.48. The minimum Gasteiger partial charge on any atom is -0.346 e. The smallest absolute Gasteiger partial charge is 0.163 e. The maximum absolute atomic E-state index is 5.78. The second kappa shape index (κ2) is 1.96. The van der Waals surface area contributed by atoms with Gasteiger partial charge in [0, 0.05) is 0 Å². The maximum Gasteiger partial charge on any atom is 0.163 e. The van der Waals surface area contributed by atoms with Crippen LogP contribution in [-0.4, -0.2) is 11.8 Å². The molecule has 60 valence electrons. The van der Waals surface area contributed by atoms with Crippen molar-refractivity contribution in [3.05, 3.63) is 24.3 Å². The zero-order chi connectivity index (χ0) is 8.06. The minimum absolute atomic E-state index is 0.245. The van der Waals surface area contributed by atoms with Gasteiger partial charge in [0.05, 0.1) is 0 Å². The molecule has 0 bridgehead atoms. The van der Waals surface area contributed by atoms with Gasteiger partial charge in [-0.3, -0.25) is 5.73 Å². The van der Waals surface area contributed by atoms with Crippen molar-refractivity contribution in [3.8, 4) is 0 Å². The van der Waals surface area contributed by atoms with E-state index in [1.165, 1.54) is 5.57 Å². The SMILES string of the molecule is C=C(C)[C@H]1C=C[C@@]2(N)OC2C1. The Balaban J connectivity index is 2.12.